The molecule has 7 rings (SSSR count). The van der Waals surface area contributed by atoms with Gasteiger partial charge in [0.1, 0.15) is 5.75 Å². The number of halogens is 1. The van der Waals surface area contributed by atoms with Crippen molar-refractivity contribution in [3.05, 3.63) is 122 Å². The fourth-order valence-corrected chi connectivity index (χ4v) is 5.96. The van der Waals surface area contributed by atoms with Gasteiger partial charge in [-0.2, -0.15) is 0 Å². The molecule has 3 aromatic carbocycles. The van der Waals surface area contributed by atoms with Crippen molar-refractivity contribution >= 4 is 54.9 Å². The molecule has 7 nitrogen and oxygen atoms in total. The number of fused-ring (bicyclic) bond motifs is 4. The summed E-state index contributed by atoms with van der Waals surface area (Å²) in [4.78, 5) is 44.5. The Kier molecular flexibility index (Phi) is 5.86. The molecular formula is C32H22BrN3O4. The summed E-state index contributed by atoms with van der Waals surface area (Å²) in [5.41, 5.74) is 4.31. The molecule has 0 atom stereocenters. The zero-order valence-corrected chi connectivity index (χ0v) is 22.8. The number of ether oxygens (including phenoxy) is 1. The van der Waals surface area contributed by atoms with Crippen LogP contribution in [0.2, 0.25) is 0 Å². The van der Waals surface area contributed by atoms with E-state index < -0.39 is 0 Å². The average Bonchev–Trinajstić information content (AvgIpc) is 3.40. The molecule has 40 heavy (non-hydrogen) atoms. The molecule has 0 unspecified atom stereocenters. The van der Waals surface area contributed by atoms with Gasteiger partial charge in [-0.1, -0.05) is 40.2 Å². The molecule has 0 fully saturated rings. The second kappa shape index (κ2) is 9.57. The fraction of sp³-hybridized carbons (Fsp3) is 0.125. The van der Waals surface area contributed by atoms with Crippen LogP contribution in [-0.2, 0) is 6.42 Å². The van der Waals surface area contributed by atoms with E-state index in [9.17, 15) is 14.4 Å². The van der Waals surface area contributed by atoms with Gasteiger partial charge in [0, 0.05) is 52.4 Å². The smallest absolute Gasteiger partial charge is 0.261 e. The molecule has 4 heterocycles. The highest BCUT2D eigenvalue weighted by atomic mass is 79.9. The first-order valence-electron chi connectivity index (χ1n) is 13.0. The van der Waals surface area contributed by atoms with Crippen LogP contribution in [-0.4, -0.2) is 39.3 Å². The Bertz CT molecular complexity index is 1980. The molecule has 2 amide bonds. The van der Waals surface area contributed by atoms with Crippen LogP contribution in [0, 0.1) is 0 Å². The predicted molar refractivity (Wildman–Crippen MR) is 157 cm³/mol. The van der Waals surface area contributed by atoms with Crippen molar-refractivity contribution in [3.8, 4) is 5.75 Å². The Morgan fingerprint density at radius 3 is 2.38 bits per heavy atom. The van der Waals surface area contributed by atoms with E-state index in [2.05, 4.69) is 31.4 Å². The van der Waals surface area contributed by atoms with Gasteiger partial charge in [-0.3, -0.25) is 24.3 Å². The van der Waals surface area contributed by atoms with Crippen LogP contribution in [0.5, 0.6) is 5.75 Å². The third kappa shape index (κ3) is 3.95. The maximum atomic E-state index is 13.7. The van der Waals surface area contributed by atoms with Gasteiger partial charge in [-0.25, -0.2) is 0 Å². The van der Waals surface area contributed by atoms with Crippen LogP contribution < -0.4 is 10.2 Å². The molecule has 0 spiro atoms. The van der Waals surface area contributed by atoms with Crippen molar-refractivity contribution in [2.75, 3.05) is 13.2 Å². The summed E-state index contributed by atoms with van der Waals surface area (Å²) in [6.45, 7) is 0.542. The summed E-state index contributed by atoms with van der Waals surface area (Å²) >= 11 is 3.59. The number of rotatable bonds is 7. The highest BCUT2D eigenvalue weighted by molar-refractivity contribution is 9.10. The van der Waals surface area contributed by atoms with E-state index in [0.717, 1.165) is 31.8 Å². The summed E-state index contributed by atoms with van der Waals surface area (Å²) in [6.07, 6.45) is 6.36. The zero-order valence-electron chi connectivity index (χ0n) is 21.3. The van der Waals surface area contributed by atoms with E-state index in [4.69, 9.17) is 4.74 Å². The Balaban J connectivity index is 1.21. The summed E-state index contributed by atoms with van der Waals surface area (Å²) in [7, 11) is 0. The molecule has 196 valence electrons. The third-order valence-corrected chi connectivity index (χ3v) is 7.94. The molecule has 0 bridgehead atoms. The molecule has 0 saturated heterocycles. The Morgan fingerprint density at radius 2 is 1.62 bits per heavy atom. The number of nitrogens with zero attached hydrogens (tertiary/aromatic N) is 3. The van der Waals surface area contributed by atoms with Gasteiger partial charge in [-0.05, 0) is 54.4 Å². The quantitative estimate of drug-likeness (QED) is 0.172. The molecule has 8 heteroatoms. The Hall–Kier alpha value is -4.56. The molecule has 3 aromatic heterocycles. The van der Waals surface area contributed by atoms with Crippen molar-refractivity contribution in [1.82, 2.24) is 14.3 Å². The molecule has 0 radical (unpaired) electrons. The number of carbonyl (C=O) groups is 2. The fourth-order valence-electron chi connectivity index (χ4n) is 5.61. The van der Waals surface area contributed by atoms with E-state index in [1.165, 1.54) is 4.90 Å². The second-order valence-corrected chi connectivity index (χ2v) is 10.8. The van der Waals surface area contributed by atoms with Crippen molar-refractivity contribution in [1.29, 1.82) is 0 Å². The van der Waals surface area contributed by atoms with Gasteiger partial charge in [0.25, 0.3) is 11.8 Å². The minimum Gasteiger partial charge on any atom is -0.493 e. The number of benzene rings is 3. The highest BCUT2D eigenvalue weighted by Gasteiger charge is 2.34. The van der Waals surface area contributed by atoms with E-state index >= 15 is 0 Å². The maximum absolute atomic E-state index is 13.7. The minimum absolute atomic E-state index is 0.0419. The molecule has 0 aliphatic carbocycles. The lowest BCUT2D eigenvalue weighted by Crippen LogP contribution is -2.31. The summed E-state index contributed by atoms with van der Waals surface area (Å²) in [5, 5.41) is 2.53. The topological polar surface area (TPSA) is 81.0 Å². The minimum atomic E-state index is -0.274. The molecule has 0 saturated carbocycles. The normalized spacial score (nSPS) is 13.2. The number of hydrogen-bond acceptors (Lipinski definition) is 5. The number of hydrogen-bond donors (Lipinski definition) is 0. The number of aromatic nitrogens is 2. The Labute approximate surface area is 237 Å². The molecule has 1 aliphatic rings. The third-order valence-electron chi connectivity index (χ3n) is 7.45. The van der Waals surface area contributed by atoms with Gasteiger partial charge in [0.15, 0.2) is 5.43 Å². The summed E-state index contributed by atoms with van der Waals surface area (Å²) in [5.74, 6) is 0.0238. The van der Waals surface area contributed by atoms with Crippen LogP contribution in [0.1, 0.15) is 38.3 Å². The molecular weight excluding hydrogens is 570 g/mol. The van der Waals surface area contributed by atoms with Gasteiger partial charge < -0.3 is 9.14 Å². The number of amides is 2. The van der Waals surface area contributed by atoms with Crippen LogP contribution in [0.4, 0.5) is 0 Å². The van der Waals surface area contributed by atoms with E-state index in [1.807, 2.05) is 36.5 Å². The Morgan fingerprint density at radius 1 is 0.850 bits per heavy atom. The first kappa shape index (κ1) is 24.5. The summed E-state index contributed by atoms with van der Waals surface area (Å²) < 4.78 is 9.16. The van der Waals surface area contributed by atoms with Gasteiger partial charge in [0.2, 0.25) is 0 Å². The lowest BCUT2D eigenvalue weighted by molar-refractivity contribution is 0.0647. The lowest BCUT2D eigenvalue weighted by atomic mass is 10.0. The number of imide groups is 1. The van der Waals surface area contributed by atoms with Crippen LogP contribution in [0.3, 0.4) is 0 Å². The average molecular weight is 592 g/mol. The second-order valence-electron chi connectivity index (χ2n) is 9.93. The van der Waals surface area contributed by atoms with E-state index in [-0.39, 0.29) is 30.4 Å². The largest absolute Gasteiger partial charge is 0.493 e. The highest BCUT2D eigenvalue weighted by Crippen LogP contribution is 2.36. The molecule has 1 aliphatic heterocycles. The molecule has 0 N–H and O–H groups in total. The van der Waals surface area contributed by atoms with Crippen molar-refractivity contribution < 1.29 is 14.3 Å². The van der Waals surface area contributed by atoms with Gasteiger partial charge >= 0.3 is 0 Å². The van der Waals surface area contributed by atoms with Crippen LogP contribution in [0.25, 0.3) is 27.2 Å². The first-order valence-corrected chi connectivity index (χ1v) is 13.8. The monoisotopic (exact) mass is 591 g/mol. The van der Waals surface area contributed by atoms with Gasteiger partial charge in [0.05, 0.1) is 34.2 Å². The van der Waals surface area contributed by atoms with E-state index in [0.29, 0.717) is 40.7 Å². The lowest BCUT2D eigenvalue weighted by Gasteiger charge is -2.14. The zero-order chi connectivity index (χ0) is 27.4. The number of carbonyl (C=O) groups excluding carboxylic acids is 2. The van der Waals surface area contributed by atoms with Crippen LogP contribution in [0.15, 0.2) is 94.6 Å². The van der Waals surface area contributed by atoms with Crippen LogP contribution >= 0.6 is 15.9 Å². The maximum Gasteiger partial charge on any atom is 0.261 e. The van der Waals surface area contributed by atoms with Crippen molar-refractivity contribution in [2.45, 2.75) is 12.8 Å². The SMILES string of the molecule is O=C1c2ccccc2C(=O)N1CCCOc1cc2c(=O)c(Cc3cccnc3)cn3c4cc(Br)ccc4c(c1)c23. The van der Waals surface area contributed by atoms with Gasteiger partial charge in [-0.15, -0.1) is 0 Å². The van der Waals surface area contributed by atoms with Crippen molar-refractivity contribution in [2.24, 2.45) is 0 Å². The first-order chi connectivity index (χ1) is 19.5. The number of pyridine rings is 2. The summed E-state index contributed by atoms with van der Waals surface area (Å²) in [6, 6.07) is 20.5. The predicted octanol–water partition coefficient (Wildman–Crippen LogP) is 5.86. The van der Waals surface area contributed by atoms with E-state index in [1.54, 1.807) is 42.7 Å². The van der Waals surface area contributed by atoms with Crippen molar-refractivity contribution in [3.63, 3.8) is 0 Å². The molecule has 6 aromatic rings. The standard InChI is InChI=1S/C32H22BrN3O4/c33-21-8-9-23-26-15-22(40-12-4-11-35-31(38)24-6-1-2-7-25(24)32(35)39)16-27-29(26)36(28(23)14-21)18-20(30(27)37)13-19-5-3-10-34-17-19/h1-3,5-10,14-18H,4,11-13H2.